The molecule has 0 unspecified atom stereocenters. The number of aromatic nitrogens is 3. The molecule has 0 aliphatic carbocycles. The summed E-state index contributed by atoms with van der Waals surface area (Å²) in [4.78, 5) is 12.4. The van der Waals surface area contributed by atoms with Crippen molar-refractivity contribution in [3.63, 3.8) is 0 Å². The number of nitrogens with one attached hydrogen (secondary N) is 1. The van der Waals surface area contributed by atoms with Crippen LogP contribution < -0.4 is 5.32 Å². The second-order valence-corrected chi connectivity index (χ2v) is 6.20. The van der Waals surface area contributed by atoms with Gasteiger partial charge in [0.05, 0.1) is 18.8 Å². The van der Waals surface area contributed by atoms with Gasteiger partial charge in [0.15, 0.2) is 5.69 Å². The summed E-state index contributed by atoms with van der Waals surface area (Å²) in [5, 5.41) is 10.5. The molecule has 1 atom stereocenters. The molecule has 0 radical (unpaired) electrons. The van der Waals surface area contributed by atoms with Crippen molar-refractivity contribution in [3.05, 3.63) is 82.7 Å². The Kier molecular flexibility index (Phi) is 4.64. The first-order valence-electron chi connectivity index (χ1n) is 8.43. The predicted molar refractivity (Wildman–Crippen MR) is 91.5 cm³/mol. The zero-order chi connectivity index (χ0) is 18.8. The second-order valence-electron chi connectivity index (χ2n) is 6.20. The van der Waals surface area contributed by atoms with Gasteiger partial charge in [0, 0.05) is 12.1 Å². The number of hydrogen-bond acceptors (Lipinski definition) is 4. The van der Waals surface area contributed by atoms with Crippen molar-refractivity contribution >= 4 is 5.91 Å². The highest BCUT2D eigenvalue weighted by Gasteiger charge is 2.27. The average molecular weight is 370 g/mol. The Morgan fingerprint density at radius 2 is 2.04 bits per heavy atom. The first-order valence-corrected chi connectivity index (χ1v) is 8.43. The molecule has 0 saturated carbocycles. The molecule has 1 aromatic heterocycles. The fraction of sp³-hybridized carbons (Fsp3) is 0.211. The van der Waals surface area contributed by atoms with Crippen molar-refractivity contribution in [2.45, 2.75) is 25.8 Å². The fourth-order valence-electron chi connectivity index (χ4n) is 3.00. The van der Waals surface area contributed by atoms with E-state index in [0.29, 0.717) is 12.2 Å². The van der Waals surface area contributed by atoms with Gasteiger partial charge in [0.1, 0.15) is 17.7 Å². The molecule has 1 aliphatic heterocycles. The van der Waals surface area contributed by atoms with Crippen molar-refractivity contribution in [2.24, 2.45) is 0 Å². The fourth-order valence-corrected chi connectivity index (χ4v) is 3.00. The molecule has 8 heteroatoms. The zero-order valence-corrected chi connectivity index (χ0v) is 14.2. The highest BCUT2D eigenvalue weighted by Crippen LogP contribution is 2.26. The summed E-state index contributed by atoms with van der Waals surface area (Å²) in [6, 6.07) is 12.8. The van der Waals surface area contributed by atoms with E-state index in [1.807, 2.05) is 30.3 Å². The molecule has 2 heterocycles. The average Bonchev–Trinajstić information content (AvgIpc) is 3.12. The van der Waals surface area contributed by atoms with Gasteiger partial charge in [-0.15, -0.1) is 5.10 Å². The number of ether oxygens (including phenoxy) is 1. The SMILES string of the molecule is O=C(NCc1cc(F)ccc1F)c1nnn2c1CO[C@H](c1ccccc1)C2. The van der Waals surface area contributed by atoms with Gasteiger partial charge in [-0.2, -0.15) is 0 Å². The lowest BCUT2D eigenvalue weighted by Crippen LogP contribution is -2.27. The van der Waals surface area contributed by atoms with Gasteiger partial charge >= 0.3 is 0 Å². The Morgan fingerprint density at radius 1 is 1.22 bits per heavy atom. The highest BCUT2D eigenvalue weighted by molar-refractivity contribution is 5.93. The Morgan fingerprint density at radius 3 is 2.85 bits per heavy atom. The quantitative estimate of drug-likeness (QED) is 0.767. The van der Waals surface area contributed by atoms with Crippen LogP contribution in [0, 0.1) is 11.6 Å². The molecule has 0 bridgehead atoms. The standard InChI is InChI=1S/C19H16F2N4O2/c20-14-6-7-15(21)13(8-14)9-22-19(26)18-16-11-27-17(10-25(16)24-23-18)12-4-2-1-3-5-12/h1-8,17H,9-11H2,(H,22,26)/t17-/m0/s1. The normalized spacial score (nSPS) is 16.0. The van der Waals surface area contributed by atoms with Crippen LogP contribution in [0.4, 0.5) is 8.78 Å². The number of carbonyl (C=O) groups is 1. The van der Waals surface area contributed by atoms with Crippen molar-refractivity contribution in [2.75, 3.05) is 0 Å². The Hall–Kier alpha value is -3.13. The Balaban J connectivity index is 1.46. The van der Waals surface area contributed by atoms with Crippen LogP contribution in [0.25, 0.3) is 0 Å². The van der Waals surface area contributed by atoms with E-state index in [2.05, 4.69) is 15.6 Å². The lowest BCUT2D eigenvalue weighted by atomic mass is 10.1. The van der Waals surface area contributed by atoms with E-state index >= 15 is 0 Å². The zero-order valence-electron chi connectivity index (χ0n) is 14.2. The number of halogens is 2. The number of carbonyl (C=O) groups excluding carboxylic acids is 1. The molecule has 0 spiro atoms. The highest BCUT2D eigenvalue weighted by atomic mass is 19.1. The summed E-state index contributed by atoms with van der Waals surface area (Å²) >= 11 is 0. The minimum Gasteiger partial charge on any atom is -0.365 e. The van der Waals surface area contributed by atoms with Crippen molar-refractivity contribution in [3.8, 4) is 0 Å². The lowest BCUT2D eigenvalue weighted by Gasteiger charge is -2.24. The summed E-state index contributed by atoms with van der Waals surface area (Å²) < 4.78 is 34.4. The van der Waals surface area contributed by atoms with Crippen molar-refractivity contribution in [1.82, 2.24) is 20.3 Å². The molecule has 1 N–H and O–H groups in total. The first kappa shape index (κ1) is 17.3. The van der Waals surface area contributed by atoms with E-state index in [1.165, 1.54) is 0 Å². The molecule has 1 amide bonds. The molecule has 4 rings (SSSR count). The van der Waals surface area contributed by atoms with Gasteiger partial charge in [0.25, 0.3) is 5.91 Å². The van der Waals surface area contributed by atoms with Gasteiger partial charge < -0.3 is 10.1 Å². The minimum absolute atomic E-state index is 0.0600. The summed E-state index contributed by atoms with van der Waals surface area (Å²) in [6.07, 6.45) is -0.169. The number of rotatable bonds is 4. The summed E-state index contributed by atoms with van der Waals surface area (Å²) in [5.41, 5.74) is 1.76. The second kappa shape index (κ2) is 7.24. The molecular weight excluding hydrogens is 354 g/mol. The summed E-state index contributed by atoms with van der Waals surface area (Å²) in [7, 11) is 0. The van der Waals surface area contributed by atoms with Crippen LogP contribution in [0.3, 0.4) is 0 Å². The monoisotopic (exact) mass is 370 g/mol. The minimum atomic E-state index is -0.587. The molecule has 0 fully saturated rings. The van der Waals surface area contributed by atoms with Gasteiger partial charge in [-0.3, -0.25) is 4.79 Å². The Labute approximate surface area is 153 Å². The molecular formula is C19H16F2N4O2. The number of nitrogens with zero attached hydrogens (tertiary/aromatic N) is 3. The first-order chi connectivity index (χ1) is 13.1. The number of fused-ring (bicyclic) bond motifs is 1. The molecule has 3 aromatic rings. The third-order valence-electron chi connectivity index (χ3n) is 4.43. The molecule has 27 heavy (non-hydrogen) atoms. The van der Waals surface area contributed by atoms with E-state index in [0.717, 1.165) is 23.8 Å². The third kappa shape index (κ3) is 3.56. The topological polar surface area (TPSA) is 69.0 Å². The van der Waals surface area contributed by atoms with Crippen LogP contribution in [-0.4, -0.2) is 20.9 Å². The Bertz CT molecular complexity index is 975. The van der Waals surface area contributed by atoms with Crippen molar-refractivity contribution < 1.29 is 18.3 Å². The summed E-state index contributed by atoms with van der Waals surface area (Å²) in [6.45, 7) is 0.476. The van der Waals surface area contributed by atoms with E-state index in [1.54, 1.807) is 4.68 Å². The van der Waals surface area contributed by atoms with Crippen molar-refractivity contribution in [1.29, 1.82) is 0 Å². The van der Waals surface area contributed by atoms with Crippen LogP contribution in [0.1, 0.15) is 33.4 Å². The number of benzene rings is 2. The van der Waals surface area contributed by atoms with Gasteiger partial charge in [-0.25, -0.2) is 13.5 Å². The maximum Gasteiger partial charge on any atom is 0.274 e. The van der Waals surface area contributed by atoms with E-state index in [4.69, 9.17) is 4.74 Å². The largest absolute Gasteiger partial charge is 0.365 e. The maximum atomic E-state index is 13.7. The van der Waals surface area contributed by atoms with Crippen LogP contribution in [0.15, 0.2) is 48.5 Å². The van der Waals surface area contributed by atoms with E-state index in [-0.39, 0.29) is 30.5 Å². The van der Waals surface area contributed by atoms with Gasteiger partial charge in [0.2, 0.25) is 0 Å². The number of amides is 1. The maximum absolute atomic E-state index is 13.7. The molecule has 2 aromatic carbocycles. The van der Waals surface area contributed by atoms with Gasteiger partial charge in [-0.05, 0) is 23.8 Å². The van der Waals surface area contributed by atoms with Gasteiger partial charge in [-0.1, -0.05) is 35.5 Å². The molecule has 0 saturated heterocycles. The van der Waals surface area contributed by atoms with Crippen LogP contribution in [0.5, 0.6) is 0 Å². The molecule has 138 valence electrons. The molecule has 1 aliphatic rings. The predicted octanol–water partition coefficient (Wildman–Crippen LogP) is 2.76. The smallest absolute Gasteiger partial charge is 0.274 e. The van der Waals surface area contributed by atoms with E-state index < -0.39 is 17.5 Å². The van der Waals surface area contributed by atoms with Crippen LogP contribution >= 0.6 is 0 Å². The number of hydrogen-bond donors (Lipinski definition) is 1. The molecule has 6 nitrogen and oxygen atoms in total. The third-order valence-corrected chi connectivity index (χ3v) is 4.43. The summed E-state index contributed by atoms with van der Waals surface area (Å²) in [5.74, 6) is -1.67. The van der Waals surface area contributed by atoms with Crippen LogP contribution in [-0.2, 0) is 24.4 Å². The van der Waals surface area contributed by atoms with Crippen LogP contribution in [0.2, 0.25) is 0 Å². The van der Waals surface area contributed by atoms with E-state index in [9.17, 15) is 13.6 Å². The lowest BCUT2D eigenvalue weighted by molar-refractivity contribution is -0.00177.